The average molecular weight is 645 g/mol. The molecule has 0 amide bonds. The van der Waals surface area contributed by atoms with Crippen LogP contribution in [0.15, 0.2) is 84.9 Å². The van der Waals surface area contributed by atoms with Gasteiger partial charge in [-0.25, -0.2) is 0 Å². The van der Waals surface area contributed by atoms with Gasteiger partial charge in [0.25, 0.3) is 0 Å². The van der Waals surface area contributed by atoms with Crippen LogP contribution in [0.4, 0.5) is 0 Å². The zero-order chi connectivity index (χ0) is 29.2. The number of rotatable bonds is 4. The van der Waals surface area contributed by atoms with Gasteiger partial charge >= 0.3 is 20.4 Å². The van der Waals surface area contributed by atoms with Gasteiger partial charge in [0, 0.05) is 16.8 Å². The van der Waals surface area contributed by atoms with Gasteiger partial charge in [0.1, 0.15) is 0 Å². The van der Waals surface area contributed by atoms with Crippen molar-refractivity contribution in [2.24, 2.45) is 0 Å². The monoisotopic (exact) mass is 644 g/mol. The Labute approximate surface area is 263 Å². The number of benzene rings is 2. The van der Waals surface area contributed by atoms with E-state index in [0.717, 1.165) is 44.8 Å². The van der Waals surface area contributed by atoms with Crippen LogP contribution < -0.4 is 0 Å². The Morgan fingerprint density at radius 2 is 0.929 bits per heavy atom. The van der Waals surface area contributed by atoms with Gasteiger partial charge in [0.2, 0.25) is 0 Å². The Balaban J connectivity index is 0.00000353. The molecule has 0 fully saturated rings. The smallest absolute Gasteiger partial charge is 0.429 e. The second-order valence-electron chi connectivity index (χ2n) is 13.7. The van der Waals surface area contributed by atoms with Crippen LogP contribution in [0.2, 0.25) is 0 Å². The van der Waals surface area contributed by atoms with E-state index in [2.05, 4.69) is 150 Å². The minimum absolute atomic E-state index is 0. The largest absolute Gasteiger partial charge is 2.00 e. The summed E-state index contributed by atoms with van der Waals surface area (Å²) in [5, 5.41) is 2.30. The molecule has 4 nitrogen and oxygen atoms in total. The predicted molar refractivity (Wildman–Crippen MR) is 169 cm³/mol. The molecule has 6 aromatic rings. The van der Waals surface area contributed by atoms with Crippen molar-refractivity contribution in [3.05, 3.63) is 120 Å². The number of nitrogens with zero attached hydrogens (tertiary/aromatic N) is 4. The Morgan fingerprint density at radius 3 is 1.31 bits per heavy atom. The fourth-order valence-corrected chi connectivity index (χ4v) is 5.31. The topological polar surface area (TPSA) is 35.6 Å². The first-order valence-corrected chi connectivity index (χ1v) is 14.4. The molecule has 0 unspecified atom stereocenters. The van der Waals surface area contributed by atoms with Crippen LogP contribution in [0, 0.1) is 12.4 Å². The number of para-hydroxylation sites is 2. The molecule has 0 saturated carbocycles. The van der Waals surface area contributed by atoms with Crippen molar-refractivity contribution in [2.75, 3.05) is 0 Å². The number of pyridine rings is 2. The van der Waals surface area contributed by atoms with Gasteiger partial charge in [0.05, 0.1) is 11.6 Å². The van der Waals surface area contributed by atoms with Crippen LogP contribution in [0.25, 0.3) is 33.4 Å². The molecule has 0 radical (unpaired) electrons. The molecule has 0 N–H and O–H groups in total. The maximum absolute atomic E-state index is 5.30. The van der Waals surface area contributed by atoms with Crippen LogP contribution in [-0.4, -0.2) is 19.1 Å². The summed E-state index contributed by atoms with van der Waals surface area (Å²) in [4.78, 5) is 10.6. The molecule has 42 heavy (non-hydrogen) atoms. The van der Waals surface area contributed by atoms with E-state index in [-0.39, 0.29) is 31.3 Å². The van der Waals surface area contributed by atoms with Gasteiger partial charge in [0.15, 0.2) is 0 Å². The van der Waals surface area contributed by atoms with E-state index in [4.69, 9.17) is 9.97 Å². The third-order valence-corrected chi connectivity index (χ3v) is 8.15. The molecular formula is C37H38N4Pd. The summed E-state index contributed by atoms with van der Waals surface area (Å²) in [5.41, 5.74) is 6.03. The van der Waals surface area contributed by atoms with E-state index in [1.165, 1.54) is 11.1 Å². The molecule has 0 saturated heterocycles. The third-order valence-electron chi connectivity index (χ3n) is 8.15. The molecule has 0 aliphatic heterocycles. The summed E-state index contributed by atoms with van der Waals surface area (Å²) in [5.74, 6) is 1.75. The molecule has 0 bridgehead atoms. The average Bonchev–Trinajstić information content (AvgIpc) is 3.56. The molecule has 4 aromatic heterocycles. The minimum Gasteiger partial charge on any atom is -0.429 e. The summed E-state index contributed by atoms with van der Waals surface area (Å²) in [6, 6.07) is 29.7. The zero-order valence-corrected chi connectivity index (χ0v) is 27.2. The first kappa shape index (κ1) is 30.0. The maximum atomic E-state index is 5.30. The third kappa shape index (κ3) is 5.37. The molecule has 6 rings (SSSR count). The molecule has 216 valence electrons. The Hall–Kier alpha value is -3.52. The SMILES string of the molecule is CC(C)(C)c1cc(-n2[c-]cc3ccccc32)nc(C(C)(C)c2cc(C(C)(C)C)cc(-n3[c-]cc4ccccc43)n2)c1.[Pd+2]. The number of hydrogen-bond acceptors (Lipinski definition) is 2. The van der Waals surface area contributed by atoms with Crippen molar-refractivity contribution in [3.63, 3.8) is 0 Å². The summed E-state index contributed by atoms with van der Waals surface area (Å²) in [7, 11) is 0. The summed E-state index contributed by atoms with van der Waals surface area (Å²) in [6.07, 6.45) is 6.86. The molecule has 4 heterocycles. The van der Waals surface area contributed by atoms with Crippen molar-refractivity contribution in [1.82, 2.24) is 19.1 Å². The Morgan fingerprint density at radius 1 is 0.548 bits per heavy atom. The Bertz CT molecular complexity index is 1760. The minimum atomic E-state index is -0.474. The van der Waals surface area contributed by atoms with E-state index in [0.29, 0.717) is 0 Å². The van der Waals surface area contributed by atoms with E-state index in [1.807, 2.05) is 12.1 Å². The van der Waals surface area contributed by atoms with E-state index in [9.17, 15) is 0 Å². The quantitative estimate of drug-likeness (QED) is 0.142. The number of hydrogen-bond donors (Lipinski definition) is 0. The number of fused-ring (bicyclic) bond motifs is 2. The molecule has 2 aromatic carbocycles. The standard InChI is InChI=1S/C37H38N4.Pd/c1-35(2,3)27-21-31(38-33(23-27)40-19-17-25-13-9-11-15-29(25)40)37(7,8)32-22-28(36(4,5)6)24-34(39-32)41-20-18-26-14-10-12-16-30(26)41;/h9-18,21-24H,1-8H3;/q-2;+2. The molecular weight excluding hydrogens is 607 g/mol. The van der Waals surface area contributed by atoms with Crippen molar-refractivity contribution in [2.45, 2.75) is 71.6 Å². The fourth-order valence-electron chi connectivity index (χ4n) is 5.31. The van der Waals surface area contributed by atoms with E-state index < -0.39 is 5.41 Å². The van der Waals surface area contributed by atoms with Gasteiger partial charge in [-0.2, -0.15) is 0 Å². The van der Waals surface area contributed by atoms with Gasteiger partial charge < -0.3 is 9.13 Å². The van der Waals surface area contributed by atoms with Gasteiger partial charge in [-0.3, -0.25) is 9.97 Å². The van der Waals surface area contributed by atoms with Crippen molar-refractivity contribution in [3.8, 4) is 11.6 Å². The summed E-state index contributed by atoms with van der Waals surface area (Å²) >= 11 is 0. The van der Waals surface area contributed by atoms with Crippen molar-refractivity contribution >= 4 is 21.8 Å². The second-order valence-corrected chi connectivity index (χ2v) is 13.7. The number of aromatic nitrogens is 4. The van der Waals surface area contributed by atoms with Crippen LogP contribution in [0.3, 0.4) is 0 Å². The maximum Gasteiger partial charge on any atom is 2.00 e. The molecule has 5 heteroatoms. The van der Waals surface area contributed by atoms with E-state index in [1.54, 1.807) is 0 Å². The summed E-state index contributed by atoms with van der Waals surface area (Å²) < 4.78 is 4.16. The molecule has 0 aliphatic rings. The van der Waals surface area contributed by atoms with Gasteiger partial charge in [-0.05, 0) is 47.9 Å². The van der Waals surface area contributed by atoms with Crippen LogP contribution in [0.1, 0.15) is 77.9 Å². The van der Waals surface area contributed by atoms with E-state index >= 15 is 0 Å². The Kier molecular flexibility index (Phi) is 7.59. The predicted octanol–water partition coefficient (Wildman–Crippen LogP) is 8.88. The van der Waals surface area contributed by atoms with Crippen LogP contribution in [-0.2, 0) is 36.7 Å². The summed E-state index contributed by atoms with van der Waals surface area (Å²) in [6.45, 7) is 18.0. The molecule has 0 atom stereocenters. The first-order valence-electron chi connectivity index (χ1n) is 14.4. The van der Waals surface area contributed by atoms with Crippen molar-refractivity contribution in [1.29, 1.82) is 0 Å². The molecule has 0 spiro atoms. The van der Waals surface area contributed by atoms with Crippen molar-refractivity contribution < 1.29 is 20.4 Å². The normalized spacial score (nSPS) is 12.6. The fraction of sp³-hybridized carbons (Fsp3) is 0.297. The first-order chi connectivity index (χ1) is 19.3. The van der Waals surface area contributed by atoms with Crippen LogP contribution >= 0.6 is 0 Å². The molecule has 0 aliphatic carbocycles. The zero-order valence-electron chi connectivity index (χ0n) is 25.7. The van der Waals surface area contributed by atoms with Gasteiger partial charge in [-0.1, -0.05) is 114 Å². The van der Waals surface area contributed by atoms with Crippen LogP contribution in [0.5, 0.6) is 0 Å². The second kappa shape index (κ2) is 10.6. The van der Waals surface area contributed by atoms with Gasteiger partial charge in [-0.15, -0.1) is 35.0 Å².